The zero-order valence-corrected chi connectivity index (χ0v) is 14.2. The normalized spacial score (nSPS) is 13.4. The molecule has 3 nitrogen and oxygen atoms in total. The van der Waals surface area contributed by atoms with Crippen molar-refractivity contribution in [3.05, 3.63) is 36.5 Å². The molecule has 0 saturated heterocycles. The van der Waals surface area contributed by atoms with E-state index in [1.165, 1.54) is 20.0 Å². The second kappa shape index (κ2) is 16.0. The Labute approximate surface area is 135 Å². The quantitative estimate of drug-likeness (QED) is 0.232. The van der Waals surface area contributed by atoms with Crippen LogP contribution in [-0.4, -0.2) is 24.3 Å². The van der Waals surface area contributed by atoms with Crippen molar-refractivity contribution in [2.45, 2.75) is 70.8 Å². The number of unbranched alkanes of at least 4 members (excludes halogenated alkanes) is 4. The Balaban J connectivity index is 3.52. The van der Waals surface area contributed by atoms with Crippen LogP contribution in [0, 0.1) is 0 Å². The van der Waals surface area contributed by atoms with E-state index in [-0.39, 0.29) is 12.1 Å². The van der Waals surface area contributed by atoms with Crippen LogP contribution in [0.1, 0.15) is 64.7 Å². The van der Waals surface area contributed by atoms with Crippen molar-refractivity contribution >= 4 is 5.97 Å². The van der Waals surface area contributed by atoms with E-state index in [0.717, 1.165) is 38.5 Å². The topological polar surface area (TPSA) is 46.5 Å². The maximum absolute atomic E-state index is 10.9. The van der Waals surface area contributed by atoms with E-state index in [9.17, 15) is 9.90 Å². The van der Waals surface area contributed by atoms with Crippen molar-refractivity contribution in [3.63, 3.8) is 0 Å². The molecule has 1 unspecified atom stereocenters. The molecule has 0 aromatic heterocycles. The Bertz CT molecular complexity index is 343. The summed E-state index contributed by atoms with van der Waals surface area (Å²) >= 11 is 0. The van der Waals surface area contributed by atoms with Gasteiger partial charge in [-0.15, -0.1) is 0 Å². The first-order valence-electron chi connectivity index (χ1n) is 8.44. The highest BCUT2D eigenvalue weighted by molar-refractivity contribution is 5.68. The van der Waals surface area contributed by atoms with E-state index in [4.69, 9.17) is 0 Å². The molecule has 0 aliphatic heterocycles. The van der Waals surface area contributed by atoms with E-state index in [2.05, 4.69) is 29.9 Å². The van der Waals surface area contributed by atoms with Gasteiger partial charge in [0.2, 0.25) is 0 Å². The van der Waals surface area contributed by atoms with E-state index in [1.807, 2.05) is 18.2 Å². The molecule has 0 spiro atoms. The van der Waals surface area contributed by atoms with Gasteiger partial charge in [-0.3, -0.25) is 4.79 Å². The average Bonchev–Trinajstić information content (AvgIpc) is 2.52. The second-order valence-electron chi connectivity index (χ2n) is 5.41. The molecule has 1 N–H and O–H groups in total. The molecule has 0 amide bonds. The number of rotatable bonds is 13. The third-order valence-corrected chi connectivity index (χ3v) is 3.35. The van der Waals surface area contributed by atoms with Crippen molar-refractivity contribution in [3.8, 4) is 0 Å². The number of carbonyl (C=O) groups excluding carboxylic acids is 1. The zero-order chi connectivity index (χ0) is 16.5. The van der Waals surface area contributed by atoms with Crippen LogP contribution < -0.4 is 0 Å². The van der Waals surface area contributed by atoms with Crippen LogP contribution >= 0.6 is 0 Å². The summed E-state index contributed by atoms with van der Waals surface area (Å²) in [7, 11) is 1.42. The molecule has 0 aliphatic carbocycles. The smallest absolute Gasteiger partial charge is 0.305 e. The molecule has 3 heteroatoms. The number of hydrogen-bond donors (Lipinski definition) is 1. The van der Waals surface area contributed by atoms with Crippen LogP contribution in [0.2, 0.25) is 0 Å². The first kappa shape index (κ1) is 20.6. The Hall–Kier alpha value is -1.35. The van der Waals surface area contributed by atoms with Crippen LogP contribution in [0.15, 0.2) is 36.5 Å². The van der Waals surface area contributed by atoms with Gasteiger partial charge in [-0.1, -0.05) is 62.6 Å². The molecule has 22 heavy (non-hydrogen) atoms. The first-order chi connectivity index (χ1) is 10.7. The van der Waals surface area contributed by atoms with Crippen LogP contribution in [0.3, 0.4) is 0 Å². The van der Waals surface area contributed by atoms with E-state index in [0.29, 0.717) is 6.42 Å². The van der Waals surface area contributed by atoms with Crippen LogP contribution in [0.25, 0.3) is 0 Å². The van der Waals surface area contributed by atoms with E-state index in [1.54, 1.807) is 0 Å². The molecule has 0 saturated carbocycles. The lowest BCUT2D eigenvalue weighted by Gasteiger charge is -2.02. The highest BCUT2D eigenvalue weighted by Gasteiger charge is 1.97. The maximum atomic E-state index is 10.9. The number of aliphatic hydroxyl groups excluding tert-OH is 1. The molecule has 126 valence electrons. The van der Waals surface area contributed by atoms with E-state index >= 15 is 0 Å². The minimum atomic E-state index is -0.318. The Kier molecular flexibility index (Phi) is 15.0. The summed E-state index contributed by atoms with van der Waals surface area (Å²) < 4.78 is 4.59. The number of carbonyl (C=O) groups is 1. The highest BCUT2D eigenvalue weighted by Crippen LogP contribution is 2.04. The van der Waals surface area contributed by atoms with Crippen LogP contribution in [-0.2, 0) is 9.53 Å². The number of aliphatic hydroxyl groups is 1. The lowest BCUT2D eigenvalue weighted by molar-refractivity contribution is -0.140. The Morgan fingerprint density at radius 2 is 1.91 bits per heavy atom. The van der Waals surface area contributed by atoms with Gasteiger partial charge in [-0.2, -0.15) is 0 Å². The average molecular weight is 310 g/mol. The highest BCUT2D eigenvalue weighted by atomic mass is 16.7. The zero-order valence-electron chi connectivity index (χ0n) is 14.2. The summed E-state index contributed by atoms with van der Waals surface area (Å²) in [4.78, 5) is 10.9. The number of methoxy groups -OCH3 is 1. The standard InChI is InChI=1S/C19H32O3/c1-3-4-12-15-18(20)16-13-10-8-6-5-7-9-11-14-17-19(21)22-2/h5,7-8,10,13,16,18,20H,3-4,6,9,11-12,14-15,17H2,1-2H3/b7-5-,10-8-,16-13+/i19+2. The molecule has 0 aromatic rings. The van der Waals surface area contributed by atoms with Gasteiger partial charge in [0.05, 0.1) is 13.2 Å². The summed E-state index contributed by atoms with van der Waals surface area (Å²) in [6.45, 7) is 2.16. The fourth-order valence-electron chi connectivity index (χ4n) is 1.98. The van der Waals surface area contributed by atoms with Crippen molar-refractivity contribution in [1.29, 1.82) is 0 Å². The van der Waals surface area contributed by atoms with Crippen LogP contribution in [0.4, 0.5) is 0 Å². The van der Waals surface area contributed by atoms with Crippen molar-refractivity contribution in [1.82, 2.24) is 0 Å². The molecule has 0 aliphatic rings. The van der Waals surface area contributed by atoms with Gasteiger partial charge >= 0.3 is 5.97 Å². The fourth-order valence-corrected chi connectivity index (χ4v) is 1.98. The Morgan fingerprint density at radius 3 is 2.64 bits per heavy atom. The number of esters is 1. The molecule has 0 aromatic carbocycles. The SMILES string of the molecule is CCCCCC(O)/C=C/C=C\C/C=C\CCCC[14C](=O)OC. The third-order valence-electron chi connectivity index (χ3n) is 3.35. The van der Waals surface area contributed by atoms with Crippen molar-refractivity contribution in [2.75, 3.05) is 7.11 Å². The van der Waals surface area contributed by atoms with Crippen LogP contribution in [0.5, 0.6) is 0 Å². The largest absolute Gasteiger partial charge is 0.469 e. The molecule has 0 heterocycles. The predicted molar refractivity (Wildman–Crippen MR) is 92.7 cm³/mol. The first-order valence-corrected chi connectivity index (χ1v) is 8.44. The molecule has 1 atom stereocenters. The monoisotopic (exact) mass is 310 g/mol. The van der Waals surface area contributed by atoms with Gasteiger partial charge in [0.1, 0.15) is 0 Å². The number of ether oxygens (including phenoxy) is 1. The van der Waals surface area contributed by atoms with E-state index < -0.39 is 0 Å². The summed E-state index contributed by atoms with van der Waals surface area (Å²) in [5, 5.41) is 9.69. The van der Waals surface area contributed by atoms with Gasteiger partial charge in [0, 0.05) is 6.42 Å². The molecule has 0 bridgehead atoms. The molecular weight excluding hydrogens is 278 g/mol. The summed E-state index contributed by atoms with van der Waals surface area (Å²) in [5.74, 6) is -0.129. The van der Waals surface area contributed by atoms with Gasteiger partial charge in [-0.05, 0) is 32.1 Å². The molecule has 0 fully saturated rings. The predicted octanol–water partition coefficient (Wildman–Crippen LogP) is 4.72. The minimum Gasteiger partial charge on any atom is -0.469 e. The van der Waals surface area contributed by atoms with Gasteiger partial charge in [0.25, 0.3) is 0 Å². The third kappa shape index (κ3) is 15.0. The molecule has 0 rings (SSSR count). The summed E-state index contributed by atoms with van der Waals surface area (Å²) in [6.07, 6.45) is 20.4. The van der Waals surface area contributed by atoms with Gasteiger partial charge in [0.15, 0.2) is 0 Å². The Morgan fingerprint density at radius 1 is 1.09 bits per heavy atom. The molecular formula is C19H32O3. The summed E-state index contributed by atoms with van der Waals surface area (Å²) in [6, 6.07) is 0. The second-order valence-corrected chi connectivity index (χ2v) is 5.41. The number of allylic oxidation sites excluding steroid dienone is 5. The molecule has 0 radical (unpaired) electrons. The van der Waals surface area contributed by atoms with Gasteiger partial charge < -0.3 is 9.84 Å². The lowest BCUT2D eigenvalue weighted by Crippen LogP contribution is -2.00. The number of hydrogen-bond acceptors (Lipinski definition) is 3. The minimum absolute atomic E-state index is 0.129. The maximum Gasteiger partial charge on any atom is 0.305 e. The lowest BCUT2D eigenvalue weighted by atomic mass is 10.1. The van der Waals surface area contributed by atoms with Crippen molar-refractivity contribution in [2.24, 2.45) is 0 Å². The fraction of sp³-hybridized carbons (Fsp3) is 0.632. The van der Waals surface area contributed by atoms with Crippen molar-refractivity contribution < 1.29 is 14.6 Å². The van der Waals surface area contributed by atoms with Gasteiger partial charge in [-0.25, -0.2) is 0 Å². The summed E-state index contributed by atoms with van der Waals surface area (Å²) in [5.41, 5.74) is 0.